The van der Waals surface area contributed by atoms with Gasteiger partial charge in [-0.1, -0.05) is 66.2 Å². The molecule has 5 nitrogen and oxygen atoms in total. The second-order valence-corrected chi connectivity index (χ2v) is 6.11. The third-order valence-corrected chi connectivity index (χ3v) is 3.80. The molecule has 1 amide bonds. The van der Waals surface area contributed by atoms with Crippen molar-refractivity contribution in [2.75, 3.05) is 19.6 Å². The zero-order valence-corrected chi connectivity index (χ0v) is 15.5. The Kier molecular flexibility index (Phi) is 11.6. The molecule has 0 saturated heterocycles. The monoisotopic (exact) mass is 358 g/mol. The molecule has 0 aromatic heterocycles. The van der Waals surface area contributed by atoms with E-state index in [0.717, 1.165) is 32.4 Å². The molecule has 142 valence electrons. The number of unbranched alkanes of at least 4 members (excludes halogenated alkanes) is 1. The molecule has 0 bridgehead atoms. The van der Waals surface area contributed by atoms with Crippen molar-refractivity contribution in [1.29, 1.82) is 0 Å². The largest absolute Gasteiger partial charge is 0.463 e. The number of rotatable bonds is 9. The van der Waals surface area contributed by atoms with Crippen molar-refractivity contribution in [3.05, 3.63) is 71.8 Å². The van der Waals surface area contributed by atoms with E-state index in [1.807, 2.05) is 24.3 Å². The van der Waals surface area contributed by atoms with Crippen molar-refractivity contribution in [2.24, 2.45) is 0 Å². The maximum absolute atomic E-state index is 10.3. The molecule has 26 heavy (non-hydrogen) atoms. The van der Waals surface area contributed by atoms with Gasteiger partial charge in [0.25, 0.3) is 0 Å². The number of carbonyl (C=O) groups is 1. The topological polar surface area (TPSA) is 72.8 Å². The third-order valence-electron chi connectivity index (χ3n) is 3.80. The van der Waals surface area contributed by atoms with Crippen molar-refractivity contribution in [2.45, 2.75) is 32.6 Å². The lowest BCUT2D eigenvalue weighted by Crippen LogP contribution is -2.29. The van der Waals surface area contributed by atoms with Crippen molar-refractivity contribution in [3.8, 4) is 0 Å². The lowest BCUT2D eigenvalue weighted by atomic mass is 10.1. The van der Waals surface area contributed by atoms with E-state index >= 15 is 0 Å². The Morgan fingerprint density at radius 2 is 1.50 bits per heavy atom. The number of hydrogen-bond donors (Lipinski definition) is 3. The molecule has 2 aromatic rings. The third kappa shape index (κ3) is 11.2. The van der Waals surface area contributed by atoms with Gasteiger partial charge in [0.1, 0.15) is 0 Å². The molecule has 2 rings (SSSR count). The van der Waals surface area contributed by atoms with E-state index in [4.69, 9.17) is 10.3 Å². The summed E-state index contributed by atoms with van der Waals surface area (Å²) in [5.41, 5.74) is 2.68. The fraction of sp³-hybridized carbons (Fsp3) is 0.381. The van der Waals surface area contributed by atoms with E-state index in [0.29, 0.717) is 11.5 Å². The minimum Gasteiger partial charge on any atom is -0.463 e. The predicted molar refractivity (Wildman–Crippen MR) is 105 cm³/mol. The van der Waals surface area contributed by atoms with Gasteiger partial charge in [-0.2, -0.15) is 5.06 Å². The molecular weight excluding hydrogens is 328 g/mol. The van der Waals surface area contributed by atoms with Gasteiger partial charge in [0.15, 0.2) is 0 Å². The van der Waals surface area contributed by atoms with Gasteiger partial charge in [-0.05, 0) is 51.3 Å². The summed E-state index contributed by atoms with van der Waals surface area (Å²) in [6.07, 6.45) is 2.63. The predicted octanol–water partition coefficient (Wildman–Crippen LogP) is 4.35. The summed E-state index contributed by atoms with van der Waals surface area (Å²) in [5.74, 6) is 0. The summed E-state index contributed by atoms with van der Waals surface area (Å²) >= 11 is 0. The maximum Gasteiger partial charge on any atom is 0.431 e. The maximum atomic E-state index is 10.3. The van der Waals surface area contributed by atoms with Gasteiger partial charge in [0.05, 0.1) is 6.54 Å². The molecule has 0 unspecified atom stereocenters. The molecule has 0 spiro atoms. The Balaban J connectivity index is 0.000000401. The van der Waals surface area contributed by atoms with Crippen molar-refractivity contribution in [1.82, 2.24) is 10.4 Å². The Morgan fingerprint density at radius 3 is 2.04 bits per heavy atom. The minimum atomic E-state index is -1.30. The van der Waals surface area contributed by atoms with Crippen molar-refractivity contribution >= 4 is 6.09 Å². The van der Waals surface area contributed by atoms with Crippen LogP contribution in [0.25, 0.3) is 0 Å². The zero-order valence-electron chi connectivity index (χ0n) is 15.5. The van der Waals surface area contributed by atoms with Gasteiger partial charge in [-0.15, -0.1) is 0 Å². The van der Waals surface area contributed by atoms with Gasteiger partial charge in [-0.3, -0.25) is 5.21 Å². The van der Waals surface area contributed by atoms with Crippen LogP contribution in [0.15, 0.2) is 60.7 Å². The van der Waals surface area contributed by atoms with Crippen LogP contribution in [0.3, 0.4) is 0 Å². The molecule has 2 aromatic carbocycles. The van der Waals surface area contributed by atoms with Crippen LogP contribution in [0, 0.1) is 6.92 Å². The van der Waals surface area contributed by atoms with E-state index < -0.39 is 6.09 Å². The first-order valence-corrected chi connectivity index (χ1v) is 9.05. The van der Waals surface area contributed by atoms with Gasteiger partial charge in [-0.25, -0.2) is 4.79 Å². The summed E-state index contributed by atoms with van der Waals surface area (Å²) < 4.78 is 0. The second kappa shape index (κ2) is 13.9. The molecule has 0 radical (unpaired) electrons. The fourth-order valence-corrected chi connectivity index (χ4v) is 2.33. The standard InChI is InChI=1S/C14H22N2O3.C7H8/c17-14(18)16(19)12-6-11-15-10-5-4-9-13-7-2-1-3-8-13;1-7-5-3-2-4-6-7/h1-3,7-8,15,19H,4-6,9-12H2,(H,17,18);2-6H,1H3. The number of hydroxylamine groups is 2. The number of nitrogens with zero attached hydrogens (tertiary/aromatic N) is 1. The normalized spacial score (nSPS) is 9.92. The molecule has 0 saturated carbocycles. The zero-order chi connectivity index (χ0) is 19.0. The van der Waals surface area contributed by atoms with Crippen LogP contribution in [0.2, 0.25) is 0 Å². The van der Waals surface area contributed by atoms with Gasteiger partial charge >= 0.3 is 6.09 Å². The highest BCUT2D eigenvalue weighted by molar-refractivity contribution is 5.63. The summed E-state index contributed by atoms with van der Waals surface area (Å²) in [5, 5.41) is 20.9. The Hall–Kier alpha value is -2.37. The van der Waals surface area contributed by atoms with E-state index in [9.17, 15) is 4.79 Å². The molecule has 3 N–H and O–H groups in total. The Labute approximate surface area is 156 Å². The molecule has 0 aliphatic heterocycles. The van der Waals surface area contributed by atoms with Gasteiger partial charge < -0.3 is 10.4 Å². The second-order valence-electron chi connectivity index (χ2n) is 6.11. The van der Waals surface area contributed by atoms with E-state index in [-0.39, 0.29) is 6.54 Å². The number of nitrogens with one attached hydrogen (secondary N) is 1. The highest BCUT2D eigenvalue weighted by Crippen LogP contribution is 2.03. The summed E-state index contributed by atoms with van der Waals surface area (Å²) in [7, 11) is 0. The number of aryl methyl sites for hydroxylation is 2. The van der Waals surface area contributed by atoms with Crippen molar-refractivity contribution < 1.29 is 15.1 Å². The highest BCUT2D eigenvalue weighted by Gasteiger charge is 2.05. The molecule has 0 heterocycles. The number of amides is 1. The highest BCUT2D eigenvalue weighted by atomic mass is 16.6. The summed E-state index contributed by atoms with van der Waals surface area (Å²) in [4.78, 5) is 10.3. The summed E-state index contributed by atoms with van der Waals surface area (Å²) in [6, 6.07) is 20.7. The minimum absolute atomic E-state index is 0.145. The average Bonchev–Trinajstić information content (AvgIpc) is 2.65. The summed E-state index contributed by atoms with van der Waals surface area (Å²) in [6.45, 7) is 3.87. The van der Waals surface area contributed by atoms with E-state index in [1.54, 1.807) is 0 Å². The van der Waals surface area contributed by atoms with Crippen molar-refractivity contribution in [3.63, 3.8) is 0 Å². The van der Waals surface area contributed by atoms with Crippen LogP contribution in [0.4, 0.5) is 4.79 Å². The van der Waals surface area contributed by atoms with Gasteiger partial charge in [0.2, 0.25) is 0 Å². The molecule has 0 fully saturated rings. The quantitative estimate of drug-likeness (QED) is 0.354. The molecule has 0 aliphatic rings. The van der Waals surface area contributed by atoms with Crippen LogP contribution >= 0.6 is 0 Å². The molecule has 5 heteroatoms. The first kappa shape index (κ1) is 21.7. The van der Waals surface area contributed by atoms with E-state index in [1.165, 1.54) is 11.1 Å². The lowest BCUT2D eigenvalue weighted by Gasteiger charge is -2.10. The molecular formula is C21H30N2O3. The molecule has 0 aliphatic carbocycles. The smallest absolute Gasteiger partial charge is 0.431 e. The first-order valence-electron chi connectivity index (χ1n) is 9.05. The molecule has 0 atom stereocenters. The SMILES string of the molecule is Cc1ccccc1.O=C(O)N(O)CCCNCCCCc1ccccc1. The Bertz CT molecular complexity index is 591. The fourth-order valence-electron chi connectivity index (χ4n) is 2.33. The number of benzene rings is 2. The number of hydrogen-bond acceptors (Lipinski definition) is 3. The van der Waals surface area contributed by atoms with Crippen LogP contribution in [-0.2, 0) is 6.42 Å². The van der Waals surface area contributed by atoms with E-state index in [2.05, 4.69) is 48.6 Å². The van der Waals surface area contributed by atoms with Crippen LogP contribution in [0.5, 0.6) is 0 Å². The first-order chi connectivity index (χ1) is 12.6. The van der Waals surface area contributed by atoms with Crippen LogP contribution in [-0.4, -0.2) is 41.1 Å². The Morgan fingerprint density at radius 1 is 0.923 bits per heavy atom. The van der Waals surface area contributed by atoms with Crippen LogP contribution in [0.1, 0.15) is 30.4 Å². The lowest BCUT2D eigenvalue weighted by molar-refractivity contribution is -0.0640. The van der Waals surface area contributed by atoms with Gasteiger partial charge in [0, 0.05) is 0 Å². The van der Waals surface area contributed by atoms with Crippen LogP contribution < -0.4 is 5.32 Å². The average molecular weight is 358 g/mol. The number of carboxylic acid groups (broad SMARTS) is 1.